The fourth-order valence-corrected chi connectivity index (χ4v) is 2.68. The highest BCUT2D eigenvalue weighted by atomic mass is 16.2. The number of rotatable bonds is 4. The van der Waals surface area contributed by atoms with Crippen LogP contribution >= 0.6 is 0 Å². The lowest BCUT2D eigenvalue weighted by Gasteiger charge is -2.34. The summed E-state index contributed by atoms with van der Waals surface area (Å²) in [6, 6.07) is 8.62. The fourth-order valence-electron chi connectivity index (χ4n) is 2.68. The molecule has 1 N–H and O–H groups in total. The molecule has 2 rings (SSSR count). The molecule has 1 aromatic carbocycles. The van der Waals surface area contributed by atoms with Gasteiger partial charge in [-0.2, -0.15) is 0 Å². The summed E-state index contributed by atoms with van der Waals surface area (Å²) in [5, 5.41) is 3.24. The quantitative estimate of drug-likeness (QED) is 0.924. The van der Waals surface area contributed by atoms with Gasteiger partial charge in [-0.05, 0) is 35.5 Å². The monoisotopic (exact) mass is 288 g/mol. The summed E-state index contributed by atoms with van der Waals surface area (Å²) >= 11 is 0. The summed E-state index contributed by atoms with van der Waals surface area (Å²) in [6.45, 7) is 11.3. The van der Waals surface area contributed by atoms with Crippen LogP contribution in [-0.2, 0) is 16.8 Å². The second-order valence-electron chi connectivity index (χ2n) is 7.35. The van der Waals surface area contributed by atoms with Crippen LogP contribution in [0.3, 0.4) is 0 Å². The van der Waals surface area contributed by atoms with Crippen LogP contribution < -0.4 is 5.32 Å². The highest BCUT2D eigenvalue weighted by molar-refractivity contribution is 5.78. The lowest BCUT2D eigenvalue weighted by molar-refractivity contribution is -0.136. The van der Waals surface area contributed by atoms with Gasteiger partial charge in [0.1, 0.15) is 0 Å². The second-order valence-corrected chi connectivity index (χ2v) is 7.35. The lowest BCUT2D eigenvalue weighted by Crippen LogP contribution is -2.49. The number of hydrogen-bond acceptors (Lipinski definition) is 2. The molecule has 0 radical (unpaired) electrons. The van der Waals surface area contributed by atoms with Gasteiger partial charge in [-0.1, -0.05) is 52.0 Å². The Kier molecular flexibility index (Phi) is 4.72. The van der Waals surface area contributed by atoms with Gasteiger partial charge >= 0.3 is 0 Å². The molecule has 21 heavy (non-hydrogen) atoms. The van der Waals surface area contributed by atoms with Gasteiger partial charge in [0.15, 0.2) is 0 Å². The average molecular weight is 288 g/mol. The van der Waals surface area contributed by atoms with Crippen molar-refractivity contribution in [3.63, 3.8) is 0 Å². The minimum atomic E-state index is 0.116. The largest absolute Gasteiger partial charge is 0.341 e. The first kappa shape index (κ1) is 16.0. The van der Waals surface area contributed by atoms with Gasteiger partial charge in [-0.15, -0.1) is 0 Å². The molecule has 1 atom stereocenters. The summed E-state index contributed by atoms with van der Waals surface area (Å²) in [5.41, 5.74) is 2.69. The van der Waals surface area contributed by atoms with Crippen LogP contribution in [0.25, 0.3) is 0 Å². The molecule has 1 aliphatic heterocycles. The first-order valence-electron chi connectivity index (χ1n) is 7.84. The van der Waals surface area contributed by atoms with Crippen LogP contribution in [0.2, 0.25) is 0 Å². The van der Waals surface area contributed by atoms with E-state index in [9.17, 15) is 4.79 Å². The minimum Gasteiger partial charge on any atom is -0.341 e. The van der Waals surface area contributed by atoms with Gasteiger partial charge in [0.05, 0.1) is 0 Å². The van der Waals surface area contributed by atoms with E-state index in [1.807, 2.05) is 18.9 Å². The molecule has 0 aromatic heterocycles. The summed E-state index contributed by atoms with van der Waals surface area (Å²) in [5.74, 6) is 0.870. The van der Waals surface area contributed by atoms with Crippen LogP contribution in [0.5, 0.6) is 0 Å². The summed E-state index contributed by atoms with van der Waals surface area (Å²) in [6.07, 6.45) is 0. The molecule has 1 fully saturated rings. The van der Waals surface area contributed by atoms with Crippen LogP contribution in [0.4, 0.5) is 0 Å². The van der Waals surface area contributed by atoms with Gasteiger partial charge in [0.25, 0.3) is 0 Å². The Morgan fingerprint density at radius 2 is 1.86 bits per heavy atom. The minimum absolute atomic E-state index is 0.116. The Morgan fingerprint density at radius 3 is 2.29 bits per heavy atom. The van der Waals surface area contributed by atoms with Crippen molar-refractivity contribution >= 4 is 5.91 Å². The molecule has 1 unspecified atom stereocenters. The second kappa shape index (κ2) is 6.18. The molecule has 1 heterocycles. The number of amides is 1. The maximum atomic E-state index is 12.4. The Morgan fingerprint density at radius 1 is 1.29 bits per heavy atom. The number of nitrogens with zero attached hydrogens (tertiary/aromatic N) is 1. The standard InChI is InChI=1S/C18H28N2O/c1-13(15-10-19-11-15)17(21)20(5)12-14-6-8-16(9-7-14)18(2,3)4/h6-9,13,15,19H,10-12H2,1-5H3. The number of nitrogens with one attached hydrogen (secondary N) is 1. The molecule has 0 bridgehead atoms. The van der Waals surface area contributed by atoms with E-state index in [-0.39, 0.29) is 17.2 Å². The highest BCUT2D eigenvalue weighted by Crippen LogP contribution is 2.23. The third-order valence-electron chi connectivity index (χ3n) is 4.53. The number of carbonyl (C=O) groups is 1. The van der Waals surface area contributed by atoms with E-state index in [0.29, 0.717) is 12.5 Å². The molecular weight excluding hydrogens is 260 g/mol. The lowest BCUT2D eigenvalue weighted by atomic mass is 9.86. The van der Waals surface area contributed by atoms with Crippen molar-refractivity contribution in [1.29, 1.82) is 0 Å². The van der Waals surface area contributed by atoms with E-state index >= 15 is 0 Å². The Balaban J connectivity index is 1.95. The summed E-state index contributed by atoms with van der Waals surface area (Å²) in [4.78, 5) is 14.3. The smallest absolute Gasteiger partial charge is 0.225 e. The van der Waals surface area contributed by atoms with Crippen molar-refractivity contribution in [2.24, 2.45) is 11.8 Å². The molecule has 1 saturated heterocycles. The van der Waals surface area contributed by atoms with Crippen LogP contribution in [0.1, 0.15) is 38.8 Å². The summed E-state index contributed by atoms with van der Waals surface area (Å²) < 4.78 is 0. The van der Waals surface area contributed by atoms with Crippen molar-refractivity contribution < 1.29 is 4.79 Å². The number of carbonyl (C=O) groups excluding carboxylic acids is 1. The summed E-state index contributed by atoms with van der Waals surface area (Å²) in [7, 11) is 1.91. The Labute approximate surface area is 128 Å². The van der Waals surface area contributed by atoms with Gasteiger partial charge in [0, 0.05) is 19.5 Å². The van der Waals surface area contributed by atoms with E-state index in [0.717, 1.165) is 13.1 Å². The van der Waals surface area contributed by atoms with E-state index in [2.05, 4.69) is 50.4 Å². The molecule has 0 aliphatic carbocycles. The maximum absolute atomic E-state index is 12.4. The zero-order valence-corrected chi connectivity index (χ0v) is 13.9. The molecule has 1 aromatic rings. The van der Waals surface area contributed by atoms with Gasteiger partial charge in [-0.3, -0.25) is 4.79 Å². The van der Waals surface area contributed by atoms with Crippen molar-refractivity contribution in [1.82, 2.24) is 10.2 Å². The predicted molar refractivity (Wildman–Crippen MR) is 87.1 cm³/mol. The normalized spacial score (nSPS) is 17.2. The molecular formula is C18H28N2O. The van der Waals surface area contributed by atoms with Gasteiger partial charge in [0.2, 0.25) is 5.91 Å². The van der Waals surface area contributed by atoms with Crippen LogP contribution in [0.15, 0.2) is 24.3 Å². The number of benzene rings is 1. The van der Waals surface area contributed by atoms with E-state index < -0.39 is 0 Å². The van der Waals surface area contributed by atoms with E-state index in [1.54, 1.807) is 0 Å². The Hall–Kier alpha value is -1.35. The van der Waals surface area contributed by atoms with Gasteiger partial charge < -0.3 is 10.2 Å². The SMILES string of the molecule is CC(C(=O)N(C)Cc1ccc(C(C)(C)C)cc1)C1CNC1. The van der Waals surface area contributed by atoms with E-state index in [4.69, 9.17) is 0 Å². The first-order valence-corrected chi connectivity index (χ1v) is 7.84. The topological polar surface area (TPSA) is 32.3 Å². The third-order valence-corrected chi connectivity index (χ3v) is 4.53. The van der Waals surface area contributed by atoms with Crippen LogP contribution in [-0.4, -0.2) is 30.9 Å². The average Bonchev–Trinajstić information content (AvgIpc) is 2.35. The molecule has 1 aliphatic rings. The fraction of sp³-hybridized carbons (Fsp3) is 0.611. The van der Waals surface area contributed by atoms with E-state index in [1.165, 1.54) is 11.1 Å². The van der Waals surface area contributed by atoms with Gasteiger partial charge in [-0.25, -0.2) is 0 Å². The zero-order valence-electron chi connectivity index (χ0n) is 13.9. The molecule has 0 spiro atoms. The highest BCUT2D eigenvalue weighted by Gasteiger charge is 2.30. The van der Waals surface area contributed by atoms with Crippen molar-refractivity contribution in [2.45, 2.75) is 39.7 Å². The molecule has 116 valence electrons. The number of hydrogen-bond donors (Lipinski definition) is 1. The molecule has 3 heteroatoms. The first-order chi connectivity index (χ1) is 9.79. The maximum Gasteiger partial charge on any atom is 0.225 e. The molecule has 3 nitrogen and oxygen atoms in total. The predicted octanol–water partition coefficient (Wildman–Crippen LogP) is 2.80. The molecule has 1 amide bonds. The van der Waals surface area contributed by atoms with Crippen molar-refractivity contribution in [3.8, 4) is 0 Å². The van der Waals surface area contributed by atoms with Crippen molar-refractivity contribution in [3.05, 3.63) is 35.4 Å². The Bertz CT molecular complexity index is 483. The zero-order chi connectivity index (χ0) is 15.6. The molecule has 0 saturated carbocycles. The van der Waals surface area contributed by atoms with Crippen LogP contribution in [0, 0.1) is 11.8 Å². The third kappa shape index (κ3) is 3.85. The van der Waals surface area contributed by atoms with Crippen molar-refractivity contribution in [2.75, 3.05) is 20.1 Å².